The minimum Gasteiger partial charge on any atom is -0.381 e. The molecule has 1 heterocycles. The smallest absolute Gasteiger partial charge is 0.0599 e. The molecule has 2 atom stereocenters. The quantitative estimate of drug-likeness (QED) is 0.819. The van der Waals surface area contributed by atoms with Gasteiger partial charge in [0.1, 0.15) is 0 Å². The van der Waals surface area contributed by atoms with Gasteiger partial charge in [0.15, 0.2) is 0 Å². The van der Waals surface area contributed by atoms with E-state index in [-0.39, 0.29) is 12.4 Å². The minimum absolute atomic E-state index is 0. The third-order valence-corrected chi connectivity index (χ3v) is 4.78. The normalized spacial score (nSPS) is 23.3. The SMILES string of the molecule is COC1CCN(CCSc2ccccc2)C(CN)C1.Cl. The van der Waals surface area contributed by atoms with Crippen molar-refractivity contribution in [3.8, 4) is 0 Å². The van der Waals surface area contributed by atoms with Crippen LogP contribution in [-0.2, 0) is 4.74 Å². The van der Waals surface area contributed by atoms with Crippen LogP contribution in [0.15, 0.2) is 35.2 Å². The highest BCUT2D eigenvalue weighted by Gasteiger charge is 2.26. The van der Waals surface area contributed by atoms with E-state index in [1.807, 2.05) is 11.8 Å². The number of likely N-dealkylation sites (tertiary alicyclic amines) is 1. The average Bonchev–Trinajstić information content (AvgIpc) is 2.48. The number of hydrogen-bond donors (Lipinski definition) is 1. The third-order valence-electron chi connectivity index (χ3n) is 3.79. The molecule has 2 N–H and O–H groups in total. The molecule has 20 heavy (non-hydrogen) atoms. The fraction of sp³-hybridized carbons (Fsp3) is 0.600. The first-order chi connectivity index (χ1) is 9.33. The Morgan fingerprint density at radius 1 is 1.35 bits per heavy atom. The fourth-order valence-electron chi connectivity index (χ4n) is 2.61. The molecule has 0 radical (unpaired) electrons. The summed E-state index contributed by atoms with van der Waals surface area (Å²) in [5, 5.41) is 0. The van der Waals surface area contributed by atoms with Gasteiger partial charge in [0.05, 0.1) is 6.10 Å². The maximum Gasteiger partial charge on any atom is 0.0599 e. The first-order valence-electron chi connectivity index (χ1n) is 6.98. The van der Waals surface area contributed by atoms with Crippen LogP contribution in [0.2, 0.25) is 0 Å². The first-order valence-corrected chi connectivity index (χ1v) is 7.96. The number of ether oxygens (including phenoxy) is 1. The highest BCUT2D eigenvalue weighted by molar-refractivity contribution is 7.99. The molecular weight excluding hydrogens is 292 g/mol. The second kappa shape index (κ2) is 9.64. The Labute approximate surface area is 132 Å². The zero-order valence-corrected chi connectivity index (χ0v) is 13.7. The number of halogens is 1. The van der Waals surface area contributed by atoms with E-state index < -0.39 is 0 Å². The van der Waals surface area contributed by atoms with Crippen LogP contribution in [0, 0.1) is 0 Å². The van der Waals surface area contributed by atoms with Crippen molar-refractivity contribution in [3.05, 3.63) is 30.3 Å². The molecule has 1 fully saturated rings. The first kappa shape index (κ1) is 17.8. The van der Waals surface area contributed by atoms with E-state index in [4.69, 9.17) is 10.5 Å². The van der Waals surface area contributed by atoms with Crippen LogP contribution in [0.1, 0.15) is 12.8 Å². The molecule has 0 amide bonds. The number of rotatable bonds is 6. The predicted octanol–water partition coefficient (Wildman–Crippen LogP) is 2.64. The number of piperidine rings is 1. The van der Waals surface area contributed by atoms with Crippen molar-refractivity contribution in [2.75, 3.05) is 32.5 Å². The van der Waals surface area contributed by atoms with Gasteiger partial charge in [0, 0.05) is 43.4 Å². The molecule has 0 aromatic heterocycles. The summed E-state index contributed by atoms with van der Waals surface area (Å²) in [6, 6.07) is 11.1. The lowest BCUT2D eigenvalue weighted by molar-refractivity contribution is 0.0158. The lowest BCUT2D eigenvalue weighted by Crippen LogP contribution is -2.49. The summed E-state index contributed by atoms with van der Waals surface area (Å²) in [4.78, 5) is 3.87. The predicted molar refractivity (Wildman–Crippen MR) is 88.9 cm³/mol. The molecule has 0 saturated carbocycles. The van der Waals surface area contributed by atoms with Crippen molar-refractivity contribution in [1.29, 1.82) is 0 Å². The maximum absolute atomic E-state index is 5.89. The van der Waals surface area contributed by atoms with Gasteiger partial charge in [-0.05, 0) is 25.0 Å². The minimum atomic E-state index is 0. The van der Waals surface area contributed by atoms with Gasteiger partial charge in [-0.1, -0.05) is 18.2 Å². The number of methoxy groups -OCH3 is 1. The Kier molecular flexibility index (Phi) is 8.57. The highest BCUT2D eigenvalue weighted by atomic mass is 35.5. The molecular formula is C15H25ClN2OS. The molecule has 0 spiro atoms. The molecule has 1 saturated heterocycles. The molecule has 2 unspecified atom stereocenters. The van der Waals surface area contributed by atoms with Crippen molar-refractivity contribution in [2.45, 2.75) is 29.9 Å². The summed E-state index contributed by atoms with van der Waals surface area (Å²) in [6.07, 6.45) is 2.60. The lowest BCUT2D eigenvalue weighted by atomic mass is 9.99. The topological polar surface area (TPSA) is 38.5 Å². The Morgan fingerprint density at radius 2 is 2.10 bits per heavy atom. The molecule has 0 aliphatic carbocycles. The van der Waals surface area contributed by atoms with E-state index >= 15 is 0 Å². The monoisotopic (exact) mass is 316 g/mol. The van der Waals surface area contributed by atoms with Gasteiger partial charge >= 0.3 is 0 Å². The molecule has 1 aromatic rings. The maximum atomic E-state index is 5.89. The van der Waals surface area contributed by atoms with Crippen molar-refractivity contribution in [2.24, 2.45) is 5.73 Å². The van der Waals surface area contributed by atoms with E-state index in [1.165, 1.54) is 4.90 Å². The van der Waals surface area contributed by atoms with E-state index in [1.54, 1.807) is 7.11 Å². The van der Waals surface area contributed by atoms with Crippen LogP contribution in [0.5, 0.6) is 0 Å². The van der Waals surface area contributed by atoms with E-state index in [9.17, 15) is 0 Å². The Balaban J connectivity index is 0.00000200. The summed E-state index contributed by atoms with van der Waals surface area (Å²) < 4.78 is 5.46. The Morgan fingerprint density at radius 3 is 2.75 bits per heavy atom. The van der Waals surface area contributed by atoms with Gasteiger partial charge in [-0.15, -0.1) is 24.2 Å². The van der Waals surface area contributed by atoms with Gasteiger partial charge in [0.25, 0.3) is 0 Å². The van der Waals surface area contributed by atoms with Crippen molar-refractivity contribution in [3.63, 3.8) is 0 Å². The molecule has 1 aliphatic rings. The number of hydrogen-bond acceptors (Lipinski definition) is 4. The summed E-state index contributed by atoms with van der Waals surface area (Å²) in [5.41, 5.74) is 5.89. The fourth-order valence-corrected chi connectivity index (χ4v) is 3.53. The Bertz CT molecular complexity index is 366. The second-order valence-electron chi connectivity index (χ2n) is 4.97. The van der Waals surface area contributed by atoms with Crippen LogP contribution in [0.25, 0.3) is 0 Å². The number of benzene rings is 1. The second-order valence-corrected chi connectivity index (χ2v) is 6.14. The molecule has 114 valence electrons. The molecule has 2 rings (SSSR count). The van der Waals surface area contributed by atoms with Crippen LogP contribution in [0.4, 0.5) is 0 Å². The summed E-state index contributed by atoms with van der Waals surface area (Å²) in [5.74, 6) is 1.12. The van der Waals surface area contributed by atoms with Crippen LogP contribution >= 0.6 is 24.2 Å². The van der Waals surface area contributed by atoms with Gasteiger partial charge in [-0.2, -0.15) is 0 Å². The van der Waals surface area contributed by atoms with Crippen molar-refractivity contribution >= 4 is 24.2 Å². The number of thioether (sulfide) groups is 1. The third kappa shape index (κ3) is 5.26. The Hall–Kier alpha value is -0.260. The van der Waals surface area contributed by atoms with Crippen molar-refractivity contribution in [1.82, 2.24) is 4.90 Å². The summed E-state index contributed by atoms with van der Waals surface area (Å²) >= 11 is 1.92. The van der Waals surface area contributed by atoms with E-state index in [2.05, 4.69) is 35.2 Å². The summed E-state index contributed by atoms with van der Waals surface area (Å²) in [6.45, 7) is 2.95. The molecule has 5 heteroatoms. The van der Waals surface area contributed by atoms with Gasteiger partial charge in [-0.3, -0.25) is 4.90 Å². The molecule has 0 bridgehead atoms. The standard InChI is InChI=1S/C15H24N2OS.ClH/c1-18-14-7-8-17(13(11-14)12-16)9-10-19-15-5-3-2-4-6-15;/h2-6,13-14H,7-12,16H2,1H3;1H. The molecule has 1 aliphatic heterocycles. The zero-order chi connectivity index (χ0) is 13.5. The van der Waals surface area contributed by atoms with Gasteiger partial charge in [-0.25, -0.2) is 0 Å². The average molecular weight is 317 g/mol. The molecule has 1 aromatic carbocycles. The summed E-state index contributed by atoms with van der Waals surface area (Å²) in [7, 11) is 1.80. The van der Waals surface area contributed by atoms with Crippen LogP contribution in [0.3, 0.4) is 0 Å². The van der Waals surface area contributed by atoms with E-state index in [0.717, 1.165) is 38.2 Å². The number of nitrogens with two attached hydrogens (primary N) is 1. The van der Waals surface area contributed by atoms with Crippen molar-refractivity contribution < 1.29 is 4.74 Å². The largest absolute Gasteiger partial charge is 0.381 e. The highest BCUT2D eigenvalue weighted by Crippen LogP contribution is 2.21. The van der Waals surface area contributed by atoms with E-state index in [0.29, 0.717) is 12.1 Å². The van der Waals surface area contributed by atoms with Gasteiger partial charge < -0.3 is 10.5 Å². The molecule has 3 nitrogen and oxygen atoms in total. The number of nitrogens with zero attached hydrogens (tertiary/aromatic N) is 1. The van der Waals surface area contributed by atoms with Crippen LogP contribution < -0.4 is 5.73 Å². The zero-order valence-electron chi connectivity index (χ0n) is 12.0. The van der Waals surface area contributed by atoms with Crippen LogP contribution in [-0.4, -0.2) is 49.5 Å². The van der Waals surface area contributed by atoms with Gasteiger partial charge in [0.2, 0.25) is 0 Å². The lowest BCUT2D eigenvalue weighted by Gasteiger charge is -2.38.